The Morgan fingerprint density at radius 3 is 1.43 bits per heavy atom. The van der Waals surface area contributed by atoms with E-state index in [-0.39, 0.29) is 13.2 Å². The molecule has 0 aliphatic carbocycles. The minimum atomic E-state index is -0.0781. The summed E-state index contributed by atoms with van der Waals surface area (Å²) < 4.78 is 5.78. The van der Waals surface area contributed by atoms with Crippen molar-refractivity contribution in [3.8, 4) is 11.5 Å². The van der Waals surface area contributed by atoms with Gasteiger partial charge in [0.25, 0.3) is 0 Å². The molecule has 0 amide bonds. The van der Waals surface area contributed by atoms with Crippen molar-refractivity contribution >= 4 is 46.4 Å². The van der Waals surface area contributed by atoms with Gasteiger partial charge in [-0.3, -0.25) is 0 Å². The van der Waals surface area contributed by atoms with Crippen molar-refractivity contribution < 1.29 is 14.9 Å². The number of ether oxygens (including phenoxy) is 1. The van der Waals surface area contributed by atoms with Crippen LogP contribution in [-0.2, 0) is 12.8 Å². The molecule has 0 unspecified atom stereocenters. The van der Waals surface area contributed by atoms with Crippen LogP contribution in [0.15, 0.2) is 24.3 Å². The highest BCUT2D eigenvalue weighted by Crippen LogP contribution is 2.40. The van der Waals surface area contributed by atoms with E-state index in [4.69, 9.17) is 61.4 Å². The summed E-state index contributed by atoms with van der Waals surface area (Å²) in [4.78, 5) is 0. The van der Waals surface area contributed by atoms with Crippen LogP contribution in [0, 0.1) is 0 Å². The van der Waals surface area contributed by atoms with Crippen LogP contribution in [0.3, 0.4) is 0 Å². The highest BCUT2D eigenvalue weighted by atomic mass is 35.5. The average Bonchev–Trinajstić information content (AvgIpc) is 2.53. The second-order valence-corrected chi connectivity index (χ2v) is 6.30. The van der Waals surface area contributed by atoms with Crippen molar-refractivity contribution in [2.24, 2.45) is 0 Å². The second-order valence-electron chi connectivity index (χ2n) is 4.73. The lowest BCUT2D eigenvalue weighted by atomic mass is 10.1. The standard InChI is InChI=1S/C16H14Cl4O3/c17-11-1-3-13(15(19)9(11)5-7-21)23-14-4-2-12(18)10(6-8-22)16(14)20/h1-4,21-22H,5-8H2. The zero-order valence-electron chi connectivity index (χ0n) is 12.0. The number of hydrogen-bond acceptors (Lipinski definition) is 3. The largest absolute Gasteiger partial charge is 0.454 e. The van der Waals surface area contributed by atoms with E-state index in [1.807, 2.05) is 0 Å². The van der Waals surface area contributed by atoms with Crippen LogP contribution >= 0.6 is 46.4 Å². The lowest BCUT2D eigenvalue weighted by Gasteiger charge is -2.15. The van der Waals surface area contributed by atoms with Gasteiger partial charge >= 0.3 is 0 Å². The molecule has 0 saturated heterocycles. The first-order valence-corrected chi connectivity index (χ1v) is 8.34. The molecule has 0 aliphatic rings. The Morgan fingerprint density at radius 1 is 0.696 bits per heavy atom. The molecule has 0 radical (unpaired) electrons. The van der Waals surface area contributed by atoms with Gasteiger partial charge in [-0.1, -0.05) is 46.4 Å². The molecule has 0 spiro atoms. The van der Waals surface area contributed by atoms with Gasteiger partial charge in [-0.15, -0.1) is 0 Å². The summed E-state index contributed by atoms with van der Waals surface area (Å²) in [6.07, 6.45) is 0.637. The van der Waals surface area contributed by atoms with E-state index in [1.54, 1.807) is 24.3 Å². The molecule has 2 rings (SSSR count). The molecule has 0 bridgehead atoms. The van der Waals surface area contributed by atoms with Gasteiger partial charge in [-0.25, -0.2) is 0 Å². The third-order valence-corrected chi connectivity index (χ3v) is 4.78. The molecular formula is C16H14Cl4O3. The molecule has 3 nitrogen and oxygen atoms in total. The quantitative estimate of drug-likeness (QED) is 0.709. The zero-order valence-corrected chi connectivity index (χ0v) is 15.0. The van der Waals surface area contributed by atoms with Crippen molar-refractivity contribution in [2.75, 3.05) is 13.2 Å². The normalized spacial score (nSPS) is 10.9. The van der Waals surface area contributed by atoms with Crippen molar-refractivity contribution in [2.45, 2.75) is 12.8 Å². The minimum absolute atomic E-state index is 0.0781. The summed E-state index contributed by atoms with van der Waals surface area (Å²) in [5.41, 5.74) is 1.21. The molecule has 0 saturated carbocycles. The molecule has 2 N–H and O–H groups in total. The van der Waals surface area contributed by atoms with Gasteiger partial charge in [-0.2, -0.15) is 0 Å². The van der Waals surface area contributed by atoms with Crippen molar-refractivity contribution in [1.82, 2.24) is 0 Å². The van der Waals surface area contributed by atoms with Crippen LogP contribution < -0.4 is 4.74 Å². The van der Waals surface area contributed by atoms with Gasteiger partial charge < -0.3 is 14.9 Å². The summed E-state index contributed by atoms with van der Waals surface area (Å²) in [7, 11) is 0. The molecular weight excluding hydrogens is 382 g/mol. The second kappa shape index (κ2) is 8.43. The summed E-state index contributed by atoms with van der Waals surface area (Å²) in [5, 5.41) is 19.8. The van der Waals surface area contributed by atoms with E-state index < -0.39 is 0 Å². The van der Waals surface area contributed by atoms with Gasteiger partial charge in [0.1, 0.15) is 11.5 Å². The van der Waals surface area contributed by atoms with E-state index in [9.17, 15) is 0 Å². The molecule has 0 atom stereocenters. The highest BCUT2D eigenvalue weighted by molar-refractivity contribution is 6.37. The highest BCUT2D eigenvalue weighted by Gasteiger charge is 2.16. The van der Waals surface area contributed by atoms with Crippen LogP contribution in [-0.4, -0.2) is 23.4 Å². The topological polar surface area (TPSA) is 49.7 Å². The van der Waals surface area contributed by atoms with Gasteiger partial charge in [0.05, 0.1) is 10.0 Å². The van der Waals surface area contributed by atoms with Gasteiger partial charge in [0.2, 0.25) is 0 Å². The van der Waals surface area contributed by atoms with Crippen LogP contribution in [0.25, 0.3) is 0 Å². The van der Waals surface area contributed by atoms with E-state index in [0.717, 1.165) is 0 Å². The summed E-state index contributed by atoms with van der Waals surface area (Å²) in [5.74, 6) is 0.748. The Hall–Kier alpha value is -0.680. The first-order chi connectivity index (χ1) is 11.0. The Balaban J connectivity index is 2.40. The maximum Gasteiger partial charge on any atom is 0.146 e. The molecule has 7 heteroatoms. The molecule has 23 heavy (non-hydrogen) atoms. The molecule has 2 aromatic rings. The van der Waals surface area contributed by atoms with E-state index in [1.165, 1.54) is 0 Å². The first kappa shape index (κ1) is 18.7. The maximum absolute atomic E-state index is 9.10. The number of benzene rings is 2. The van der Waals surface area contributed by atoms with Crippen molar-refractivity contribution in [1.29, 1.82) is 0 Å². The number of hydrogen-bond donors (Lipinski definition) is 2. The summed E-state index contributed by atoms with van der Waals surface area (Å²) in [6, 6.07) is 6.54. The monoisotopic (exact) mass is 394 g/mol. The Morgan fingerprint density at radius 2 is 1.09 bits per heavy atom. The number of rotatable bonds is 6. The van der Waals surface area contributed by atoms with E-state index in [0.29, 0.717) is 55.6 Å². The fraction of sp³-hybridized carbons (Fsp3) is 0.250. The predicted molar refractivity (Wildman–Crippen MR) is 94.6 cm³/mol. The van der Waals surface area contributed by atoms with Gasteiger partial charge in [-0.05, 0) is 48.2 Å². The molecule has 0 aliphatic heterocycles. The number of halogens is 4. The van der Waals surface area contributed by atoms with Crippen LogP contribution in [0.2, 0.25) is 20.1 Å². The third-order valence-electron chi connectivity index (χ3n) is 3.24. The molecule has 0 aromatic heterocycles. The van der Waals surface area contributed by atoms with E-state index in [2.05, 4.69) is 0 Å². The van der Waals surface area contributed by atoms with Crippen LogP contribution in [0.5, 0.6) is 11.5 Å². The lowest BCUT2D eigenvalue weighted by Crippen LogP contribution is -1.98. The smallest absolute Gasteiger partial charge is 0.146 e. The summed E-state index contributed by atoms with van der Waals surface area (Å²) in [6.45, 7) is -0.156. The first-order valence-electron chi connectivity index (χ1n) is 6.83. The molecule has 0 heterocycles. The van der Waals surface area contributed by atoms with Crippen molar-refractivity contribution in [3.05, 3.63) is 55.5 Å². The zero-order chi connectivity index (χ0) is 17.0. The fourth-order valence-electron chi connectivity index (χ4n) is 2.11. The SMILES string of the molecule is OCCc1c(Cl)ccc(Oc2ccc(Cl)c(CCO)c2Cl)c1Cl. The molecule has 2 aromatic carbocycles. The van der Waals surface area contributed by atoms with E-state index >= 15 is 0 Å². The average molecular weight is 396 g/mol. The number of aliphatic hydroxyl groups excluding tert-OH is 2. The fourth-order valence-corrected chi connectivity index (χ4v) is 3.31. The number of aliphatic hydroxyl groups is 2. The Bertz CT molecular complexity index is 645. The summed E-state index contributed by atoms with van der Waals surface area (Å²) >= 11 is 24.8. The minimum Gasteiger partial charge on any atom is -0.454 e. The molecule has 124 valence electrons. The Kier molecular flexibility index (Phi) is 6.84. The van der Waals surface area contributed by atoms with Crippen LogP contribution in [0.1, 0.15) is 11.1 Å². The Labute approximate surface area is 154 Å². The van der Waals surface area contributed by atoms with Crippen molar-refractivity contribution in [3.63, 3.8) is 0 Å². The predicted octanol–water partition coefficient (Wildman–Crippen LogP) is 5.16. The van der Waals surface area contributed by atoms with Gasteiger partial charge in [0.15, 0.2) is 0 Å². The third kappa shape index (κ3) is 4.24. The lowest BCUT2D eigenvalue weighted by molar-refractivity contribution is 0.299. The maximum atomic E-state index is 9.10. The molecule has 0 fully saturated rings. The van der Waals surface area contributed by atoms with Gasteiger partial charge in [0, 0.05) is 23.3 Å². The van der Waals surface area contributed by atoms with Crippen LogP contribution in [0.4, 0.5) is 0 Å².